The first-order valence-electron chi connectivity index (χ1n) is 7.24. The van der Waals surface area contributed by atoms with E-state index in [1.807, 2.05) is 12.1 Å². The number of sulfonamides is 1. The molecule has 0 saturated heterocycles. The maximum Gasteiger partial charge on any atom is 0.268 e. The van der Waals surface area contributed by atoms with Gasteiger partial charge in [0.15, 0.2) is 0 Å². The summed E-state index contributed by atoms with van der Waals surface area (Å²) in [6.07, 6.45) is 1.57. The first-order valence-corrected chi connectivity index (χ1v) is 8.68. The minimum absolute atomic E-state index is 0. The van der Waals surface area contributed by atoms with Gasteiger partial charge < -0.3 is 5.73 Å². The fraction of sp³-hybridized carbons (Fsp3) is 0.400. The van der Waals surface area contributed by atoms with Gasteiger partial charge in [0.25, 0.3) is 10.0 Å². The van der Waals surface area contributed by atoms with Crippen LogP contribution in [0.5, 0.6) is 0 Å². The number of halogens is 1. The summed E-state index contributed by atoms with van der Waals surface area (Å²) in [4.78, 5) is 0.297. The SMILES string of the molecule is Cc1nn(C)c(C)c1S(=O)(=O)N1CCCc2c(N)cccc21.Cl. The van der Waals surface area contributed by atoms with Gasteiger partial charge in [0.2, 0.25) is 0 Å². The molecule has 1 aromatic carbocycles. The number of aromatic nitrogens is 2. The van der Waals surface area contributed by atoms with Crippen molar-refractivity contribution in [2.45, 2.75) is 31.6 Å². The van der Waals surface area contributed by atoms with Gasteiger partial charge in [-0.15, -0.1) is 12.4 Å². The lowest BCUT2D eigenvalue weighted by atomic mass is 10.0. The van der Waals surface area contributed by atoms with Gasteiger partial charge in [-0.05, 0) is 44.4 Å². The van der Waals surface area contributed by atoms with Gasteiger partial charge >= 0.3 is 0 Å². The molecule has 0 unspecified atom stereocenters. The van der Waals surface area contributed by atoms with Crippen molar-refractivity contribution in [2.75, 3.05) is 16.6 Å². The van der Waals surface area contributed by atoms with Crippen molar-refractivity contribution in [1.29, 1.82) is 0 Å². The topological polar surface area (TPSA) is 81.2 Å². The van der Waals surface area contributed by atoms with Crippen LogP contribution in [-0.2, 0) is 23.5 Å². The molecular weight excluding hydrogens is 336 g/mol. The van der Waals surface area contributed by atoms with Crippen LogP contribution in [0.1, 0.15) is 23.4 Å². The molecule has 0 aliphatic carbocycles. The summed E-state index contributed by atoms with van der Waals surface area (Å²) in [6.45, 7) is 3.97. The van der Waals surface area contributed by atoms with E-state index in [4.69, 9.17) is 5.73 Å². The molecule has 1 aromatic heterocycles. The van der Waals surface area contributed by atoms with Crippen LogP contribution in [0.15, 0.2) is 23.1 Å². The monoisotopic (exact) mass is 356 g/mol. The Morgan fingerprint density at radius 3 is 2.57 bits per heavy atom. The van der Waals surface area contributed by atoms with E-state index in [1.54, 1.807) is 31.6 Å². The van der Waals surface area contributed by atoms with Crippen molar-refractivity contribution in [3.8, 4) is 0 Å². The van der Waals surface area contributed by atoms with Crippen LogP contribution in [0.4, 0.5) is 11.4 Å². The second kappa shape index (κ2) is 6.05. The first kappa shape index (κ1) is 17.6. The highest BCUT2D eigenvalue weighted by atomic mass is 35.5. The Bertz CT molecular complexity index is 845. The molecular formula is C15H21ClN4O2S. The van der Waals surface area contributed by atoms with E-state index >= 15 is 0 Å². The molecule has 0 fully saturated rings. The third-order valence-electron chi connectivity index (χ3n) is 4.23. The van der Waals surface area contributed by atoms with Crippen LogP contribution < -0.4 is 10.0 Å². The number of nitrogens with two attached hydrogens (primary N) is 1. The van der Waals surface area contributed by atoms with Crippen LogP contribution in [0.3, 0.4) is 0 Å². The molecule has 23 heavy (non-hydrogen) atoms. The quantitative estimate of drug-likeness (QED) is 0.836. The Morgan fingerprint density at radius 2 is 1.96 bits per heavy atom. The second-order valence-corrected chi connectivity index (χ2v) is 7.45. The Morgan fingerprint density at radius 1 is 1.26 bits per heavy atom. The van der Waals surface area contributed by atoms with E-state index in [-0.39, 0.29) is 12.4 Å². The molecule has 1 aliphatic rings. The number of hydrogen-bond acceptors (Lipinski definition) is 4. The number of nitrogens with zero attached hydrogens (tertiary/aromatic N) is 3. The summed E-state index contributed by atoms with van der Waals surface area (Å²) in [7, 11) is -1.88. The lowest BCUT2D eigenvalue weighted by Crippen LogP contribution is -2.36. The number of anilines is 2. The van der Waals surface area contributed by atoms with Crippen LogP contribution in [0.2, 0.25) is 0 Å². The Hall–Kier alpha value is -1.73. The summed E-state index contributed by atoms with van der Waals surface area (Å²) in [5.74, 6) is 0. The van der Waals surface area contributed by atoms with Gasteiger partial charge in [0, 0.05) is 19.3 Å². The molecule has 6 nitrogen and oxygen atoms in total. The highest BCUT2D eigenvalue weighted by molar-refractivity contribution is 7.93. The lowest BCUT2D eigenvalue weighted by molar-refractivity contribution is 0.585. The lowest BCUT2D eigenvalue weighted by Gasteiger charge is -2.31. The molecule has 0 saturated carbocycles. The standard InChI is InChI=1S/C15H20N4O2S.ClH/c1-10-15(11(2)18(3)17-10)22(20,21)19-9-5-6-12-13(16)7-4-8-14(12)19;/h4,7-8H,5-6,9,16H2,1-3H3;1H. The predicted octanol–water partition coefficient (Wildman–Crippen LogP) is 2.18. The number of benzene rings is 1. The van der Waals surface area contributed by atoms with Gasteiger partial charge in [-0.1, -0.05) is 6.07 Å². The van der Waals surface area contributed by atoms with Crippen molar-refractivity contribution in [3.63, 3.8) is 0 Å². The molecule has 126 valence electrons. The summed E-state index contributed by atoms with van der Waals surface area (Å²) < 4.78 is 29.4. The van der Waals surface area contributed by atoms with Gasteiger partial charge in [0.1, 0.15) is 4.90 Å². The van der Waals surface area contributed by atoms with Gasteiger partial charge in [-0.2, -0.15) is 5.10 Å². The van der Waals surface area contributed by atoms with Crippen LogP contribution in [0.25, 0.3) is 0 Å². The van der Waals surface area contributed by atoms with E-state index in [1.165, 1.54) is 4.31 Å². The van der Waals surface area contributed by atoms with E-state index in [2.05, 4.69) is 5.10 Å². The van der Waals surface area contributed by atoms with Crippen LogP contribution in [-0.4, -0.2) is 24.7 Å². The molecule has 2 aromatic rings. The van der Waals surface area contributed by atoms with Crippen molar-refractivity contribution in [3.05, 3.63) is 35.2 Å². The average Bonchev–Trinajstić information content (AvgIpc) is 2.72. The highest BCUT2D eigenvalue weighted by Crippen LogP contribution is 2.36. The maximum atomic E-state index is 13.1. The third kappa shape index (κ3) is 2.68. The van der Waals surface area contributed by atoms with Crippen LogP contribution in [0, 0.1) is 13.8 Å². The minimum atomic E-state index is -3.64. The molecule has 2 heterocycles. The van der Waals surface area contributed by atoms with E-state index in [0.717, 1.165) is 18.4 Å². The number of nitrogen functional groups attached to an aromatic ring is 1. The van der Waals surface area contributed by atoms with Gasteiger partial charge in [-0.3, -0.25) is 8.99 Å². The summed E-state index contributed by atoms with van der Waals surface area (Å²) in [5, 5.41) is 4.23. The molecule has 8 heteroatoms. The number of aryl methyl sites for hydroxylation is 2. The zero-order valence-corrected chi connectivity index (χ0v) is 15.0. The van der Waals surface area contributed by atoms with Gasteiger partial charge in [0.05, 0.1) is 17.1 Å². The molecule has 0 atom stereocenters. The van der Waals surface area contributed by atoms with Crippen molar-refractivity contribution < 1.29 is 8.42 Å². The van der Waals surface area contributed by atoms with Crippen molar-refractivity contribution >= 4 is 33.8 Å². The van der Waals surface area contributed by atoms with E-state index in [9.17, 15) is 8.42 Å². The maximum absolute atomic E-state index is 13.1. The molecule has 0 amide bonds. The van der Waals surface area contributed by atoms with Crippen molar-refractivity contribution in [1.82, 2.24) is 9.78 Å². The summed E-state index contributed by atoms with van der Waals surface area (Å²) in [5.41, 5.74) is 9.43. The number of hydrogen-bond donors (Lipinski definition) is 1. The fourth-order valence-electron chi connectivity index (χ4n) is 3.11. The van der Waals surface area contributed by atoms with Gasteiger partial charge in [-0.25, -0.2) is 8.42 Å². The Labute approximate surface area is 142 Å². The summed E-state index contributed by atoms with van der Waals surface area (Å²) >= 11 is 0. The highest BCUT2D eigenvalue weighted by Gasteiger charge is 2.33. The Balaban J connectivity index is 0.00000192. The number of rotatable bonds is 2. The largest absolute Gasteiger partial charge is 0.398 e. The predicted molar refractivity (Wildman–Crippen MR) is 93.6 cm³/mol. The van der Waals surface area contributed by atoms with E-state index < -0.39 is 10.0 Å². The first-order chi connectivity index (χ1) is 10.3. The molecule has 0 spiro atoms. The zero-order chi connectivity index (χ0) is 16.1. The molecule has 2 N–H and O–H groups in total. The average molecular weight is 357 g/mol. The molecule has 0 bridgehead atoms. The normalized spacial score (nSPS) is 14.3. The fourth-order valence-corrected chi connectivity index (χ4v) is 5.04. The van der Waals surface area contributed by atoms with E-state index in [0.29, 0.717) is 34.2 Å². The second-order valence-electron chi connectivity index (χ2n) is 5.65. The van der Waals surface area contributed by atoms with Crippen molar-refractivity contribution in [2.24, 2.45) is 7.05 Å². The zero-order valence-electron chi connectivity index (χ0n) is 13.4. The molecule has 0 radical (unpaired) electrons. The molecule has 3 rings (SSSR count). The summed E-state index contributed by atoms with van der Waals surface area (Å²) in [6, 6.07) is 5.43. The minimum Gasteiger partial charge on any atom is -0.398 e. The third-order valence-corrected chi connectivity index (χ3v) is 6.30. The Kier molecular flexibility index (Phi) is 4.64. The number of fused-ring (bicyclic) bond motifs is 1. The smallest absolute Gasteiger partial charge is 0.268 e. The molecule has 1 aliphatic heterocycles. The van der Waals surface area contributed by atoms with Crippen LogP contribution >= 0.6 is 12.4 Å².